The van der Waals surface area contributed by atoms with Crippen molar-refractivity contribution in [2.45, 2.75) is 43.9 Å². The van der Waals surface area contributed by atoms with Crippen molar-refractivity contribution in [2.24, 2.45) is 0 Å². The molecule has 2 N–H and O–H groups in total. The Morgan fingerprint density at radius 1 is 0.967 bits per heavy atom. The number of para-hydroxylation sites is 1. The molecule has 0 radical (unpaired) electrons. The Hall–Kier alpha value is -3.16. The van der Waals surface area contributed by atoms with Crippen molar-refractivity contribution in [1.82, 2.24) is 15.3 Å². The maximum absolute atomic E-state index is 13.3. The molecule has 156 valence electrons. The van der Waals surface area contributed by atoms with Crippen LogP contribution in [0.2, 0.25) is 0 Å². The van der Waals surface area contributed by atoms with Crippen LogP contribution in [-0.4, -0.2) is 28.0 Å². The zero-order chi connectivity index (χ0) is 21.1. The van der Waals surface area contributed by atoms with Gasteiger partial charge in [-0.25, -0.2) is 4.98 Å². The highest BCUT2D eigenvalue weighted by Gasteiger charge is 2.33. The zero-order valence-corrected chi connectivity index (χ0v) is 16.1. The molecule has 1 saturated carbocycles. The van der Waals surface area contributed by atoms with Crippen molar-refractivity contribution in [2.75, 3.05) is 5.32 Å². The molecule has 1 aromatic carbocycles. The molecule has 2 aromatic heterocycles. The molecule has 3 aromatic rings. The van der Waals surface area contributed by atoms with Crippen molar-refractivity contribution >= 4 is 22.5 Å². The van der Waals surface area contributed by atoms with E-state index in [1.165, 1.54) is 0 Å². The molecule has 1 aliphatic rings. The predicted molar refractivity (Wildman–Crippen MR) is 108 cm³/mol. The van der Waals surface area contributed by atoms with E-state index in [1.54, 1.807) is 48.8 Å². The van der Waals surface area contributed by atoms with Gasteiger partial charge in [0.05, 0.1) is 5.52 Å². The summed E-state index contributed by atoms with van der Waals surface area (Å²) < 4.78 is 39.8. The standard InChI is InChI=1S/C22H21F3N4O/c23-22(24,25)20-13-19(17-3-1-2-4-18(17)29-20)27-15-5-7-16(8-6-15)28-21(30)14-9-11-26-12-10-14/h1-4,9-13,15-16H,5-8H2,(H,27,29)(H,28,30)/t15-,16+. The van der Waals surface area contributed by atoms with E-state index in [1.807, 2.05) is 0 Å². The molecule has 8 heteroatoms. The van der Waals surface area contributed by atoms with Crippen LogP contribution in [0.4, 0.5) is 18.9 Å². The maximum Gasteiger partial charge on any atom is 0.433 e. The largest absolute Gasteiger partial charge is 0.433 e. The number of halogens is 3. The fourth-order valence-corrected chi connectivity index (χ4v) is 3.81. The van der Waals surface area contributed by atoms with E-state index in [-0.39, 0.29) is 18.0 Å². The second kappa shape index (κ2) is 8.30. The summed E-state index contributed by atoms with van der Waals surface area (Å²) >= 11 is 0. The Morgan fingerprint density at radius 3 is 2.33 bits per heavy atom. The molecule has 2 heterocycles. The molecule has 0 atom stereocenters. The SMILES string of the molecule is O=C(N[C@H]1CC[C@@H](Nc2cc(C(F)(F)F)nc3ccccc23)CC1)c1ccncc1. The second-order valence-corrected chi connectivity index (χ2v) is 7.47. The zero-order valence-electron chi connectivity index (χ0n) is 16.1. The van der Waals surface area contributed by atoms with Gasteiger partial charge < -0.3 is 10.6 Å². The van der Waals surface area contributed by atoms with Gasteiger partial charge >= 0.3 is 6.18 Å². The normalized spacial score (nSPS) is 19.4. The first kappa shape index (κ1) is 20.1. The van der Waals surface area contributed by atoms with Crippen molar-refractivity contribution in [3.8, 4) is 0 Å². The number of alkyl halides is 3. The lowest BCUT2D eigenvalue weighted by Crippen LogP contribution is -2.40. The highest BCUT2D eigenvalue weighted by atomic mass is 19.4. The van der Waals surface area contributed by atoms with Gasteiger partial charge in [0.25, 0.3) is 5.91 Å². The van der Waals surface area contributed by atoms with E-state index in [2.05, 4.69) is 20.6 Å². The minimum Gasteiger partial charge on any atom is -0.382 e. The van der Waals surface area contributed by atoms with Crippen molar-refractivity contribution in [3.05, 3.63) is 66.1 Å². The molecular weight excluding hydrogens is 393 g/mol. The summed E-state index contributed by atoms with van der Waals surface area (Å²) in [6.45, 7) is 0. The van der Waals surface area contributed by atoms with Gasteiger partial charge in [0.15, 0.2) is 0 Å². The van der Waals surface area contributed by atoms with Gasteiger partial charge in [-0.15, -0.1) is 0 Å². The molecule has 4 rings (SSSR count). The van der Waals surface area contributed by atoms with Gasteiger partial charge in [0, 0.05) is 41.1 Å². The number of hydrogen-bond acceptors (Lipinski definition) is 4. The first-order chi connectivity index (χ1) is 14.4. The number of aromatic nitrogens is 2. The van der Waals surface area contributed by atoms with E-state index in [4.69, 9.17) is 0 Å². The van der Waals surface area contributed by atoms with Crippen LogP contribution in [0.1, 0.15) is 41.7 Å². The van der Waals surface area contributed by atoms with Gasteiger partial charge in [-0.3, -0.25) is 9.78 Å². The highest BCUT2D eigenvalue weighted by molar-refractivity contribution is 5.94. The summed E-state index contributed by atoms with van der Waals surface area (Å²) in [6.07, 6.45) is 1.65. The monoisotopic (exact) mass is 414 g/mol. The van der Waals surface area contributed by atoms with E-state index < -0.39 is 11.9 Å². The first-order valence-corrected chi connectivity index (χ1v) is 9.84. The molecule has 1 amide bonds. The van der Waals surface area contributed by atoms with Crippen LogP contribution in [-0.2, 0) is 6.18 Å². The van der Waals surface area contributed by atoms with E-state index >= 15 is 0 Å². The van der Waals surface area contributed by atoms with Crippen LogP contribution in [0.25, 0.3) is 10.9 Å². The first-order valence-electron chi connectivity index (χ1n) is 9.84. The summed E-state index contributed by atoms with van der Waals surface area (Å²) in [4.78, 5) is 20.0. The highest BCUT2D eigenvalue weighted by Crippen LogP contribution is 2.34. The van der Waals surface area contributed by atoms with Crippen LogP contribution in [0, 0.1) is 0 Å². The number of carbonyl (C=O) groups excluding carboxylic acids is 1. The molecule has 1 fully saturated rings. The molecule has 0 unspecified atom stereocenters. The van der Waals surface area contributed by atoms with Gasteiger partial charge in [-0.2, -0.15) is 13.2 Å². The Kier molecular flexibility index (Phi) is 5.57. The number of nitrogens with one attached hydrogen (secondary N) is 2. The van der Waals surface area contributed by atoms with Crippen LogP contribution >= 0.6 is 0 Å². The Labute approximate surface area is 171 Å². The predicted octanol–water partition coefficient (Wildman–Crippen LogP) is 4.80. The molecule has 1 aliphatic carbocycles. The number of rotatable bonds is 4. The van der Waals surface area contributed by atoms with Crippen molar-refractivity contribution in [1.29, 1.82) is 0 Å². The average Bonchev–Trinajstić information content (AvgIpc) is 2.75. The number of amides is 1. The fraction of sp³-hybridized carbons (Fsp3) is 0.318. The Balaban J connectivity index is 1.43. The summed E-state index contributed by atoms with van der Waals surface area (Å²) in [7, 11) is 0. The van der Waals surface area contributed by atoms with Gasteiger partial charge in [-0.1, -0.05) is 18.2 Å². The maximum atomic E-state index is 13.3. The number of hydrogen-bond donors (Lipinski definition) is 2. The molecule has 0 bridgehead atoms. The van der Waals surface area contributed by atoms with Crippen LogP contribution < -0.4 is 10.6 Å². The molecular formula is C22H21F3N4O. The third-order valence-corrected chi connectivity index (χ3v) is 5.37. The molecule has 0 saturated heterocycles. The summed E-state index contributed by atoms with van der Waals surface area (Å²) in [5.41, 5.74) is 0.417. The van der Waals surface area contributed by atoms with Gasteiger partial charge in [0.2, 0.25) is 0 Å². The smallest absolute Gasteiger partial charge is 0.382 e. The molecule has 5 nitrogen and oxygen atoms in total. The Morgan fingerprint density at radius 2 is 1.63 bits per heavy atom. The molecule has 30 heavy (non-hydrogen) atoms. The molecule has 0 spiro atoms. The van der Waals surface area contributed by atoms with E-state index in [9.17, 15) is 18.0 Å². The number of fused-ring (bicyclic) bond motifs is 1. The van der Waals surface area contributed by atoms with Crippen molar-refractivity contribution < 1.29 is 18.0 Å². The second-order valence-electron chi connectivity index (χ2n) is 7.47. The summed E-state index contributed by atoms with van der Waals surface area (Å²) in [6, 6.07) is 11.3. The minimum absolute atomic E-state index is 0.0333. The number of carbonyl (C=O) groups is 1. The topological polar surface area (TPSA) is 66.9 Å². The van der Waals surface area contributed by atoms with Crippen molar-refractivity contribution in [3.63, 3.8) is 0 Å². The number of anilines is 1. The van der Waals surface area contributed by atoms with E-state index in [0.29, 0.717) is 22.2 Å². The average molecular weight is 414 g/mol. The van der Waals surface area contributed by atoms with Gasteiger partial charge in [0.1, 0.15) is 5.69 Å². The molecule has 0 aliphatic heterocycles. The lowest BCUT2D eigenvalue weighted by Gasteiger charge is -2.30. The Bertz CT molecular complexity index is 1030. The minimum atomic E-state index is -4.50. The van der Waals surface area contributed by atoms with E-state index in [0.717, 1.165) is 31.7 Å². The number of pyridine rings is 2. The fourth-order valence-electron chi connectivity index (χ4n) is 3.81. The quantitative estimate of drug-likeness (QED) is 0.644. The van der Waals surface area contributed by atoms with Gasteiger partial charge in [-0.05, 0) is 49.9 Å². The third-order valence-electron chi connectivity index (χ3n) is 5.37. The number of benzene rings is 1. The number of nitrogens with zero attached hydrogens (tertiary/aromatic N) is 2. The third kappa shape index (κ3) is 4.53. The van der Waals surface area contributed by atoms with Crippen LogP contribution in [0.15, 0.2) is 54.9 Å². The summed E-state index contributed by atoms with van der Waals surface area (Å²) in [5.74, 6) is -0.135. The lowest BCUT2D eigenvalue weighted by atomic mass is 9.90. The lowest BCUT2D eigenvalue weighted by molar-refractivity contribution is -0.140. The van der Waals surface area contributed by atoms with Crippen LogP contribution in [0.5, 0.6) is 0 Å². The van der Waals surface area contributed by atoms with Crippen LogP contribution in [0.3, 0.4) is 0 Å². The summed E-state index contributed by atoms with van der Waals surface area (Å²) in [5, 5.41) is 6.97.